The van der Waals surface area contributed by atoms with E-state index in [1.165, 1.54) is 17.9 Å². The minimum atomic E-state index is -3.16. The number of hydrogen-bond acceptors (Lipinski definition) is 7. The molecule has 3 aromatic heterocycles. The molecule has 1 fully saturated rings. The Labute approximate surface area is 196 Å². The van der Waals surface area contributed by atoms with E-state index in [0.29, 0.717) is 0 Å². The molecular formula is C21H20F5N7O2. The summed E-state index contributed by atoms with van der Waals surface area (Å²) >= 11 is 0. The van der Waals surface area contributed by atoms with Gasteiger partial charge in [0.05, 0.1) is 36.1 Å². The van der Waals surface area contributed by atoms with Gasteiger partial charge in [-0.2, -0.15) is 5.10 Å². The highest BCUT2D eigenvalue weighted by Crippen LogP contribution is 2.36. The molecule has 1 unspecified atom stereocenters. The maximum atomic E-state index is 14.5. The highest BCUT2D eigenvalue weighted by molar-refractivity contribution is 5.98. The van der Waals surface area contributed by atoms with Gasteiger partial charge < -0.3 is 9.64 Å². The number of alkyl halides is 4. The lowest BCUT2D eigenvalue weighted by molar-refractivity contribution is -0.0981. The van der Waals surface area contributed by atoms with Crippen molar-refractivity contribution in [1.29, 1.82) is 0 Å². The van der Waals surface area contributed by atoms with E-state index in [2.05, 4.69) is 25.0 Å². The second-order valence-corrected chi connectivity index (χ2v) is 8.24. The maximum absolute atomic E-state index is 14.5. The van der Waals surface area contributed by atoms with Crippen LogP contribution >= 0.6 is 0 Å². The summed E-state index contributed by atoms with van der Waals surface area (Å²) < 4.78 is 74.4. The minimum absolute atomic E-state index is 0.0000112. The predicted molar refractivity (Wildman–Crippen MR) is 110 cm³/mol. The summed E-state index contributed by atoms with van der Waals surface area (Å²) in [6, 6.07) is -1.06. The van der Waals surface area contributed by atoms with E-state index in [-0.39, 0.29) is 29.7 Å². The van der Waals surface area contributed by atoms with Crippen LogP contribution in [0.2, 0.25) is 0 Å². The monoisotopic (exact) mass is 497 g/mol. The Morgan fingerprint density at radius 3 is 2.46 bits per heavy atom. The van der Waals surface area contributed by atoms with Crippen molar-refractivity contribution in [3.8, 4) is 17.4 Å². The second kappa shape index (κ2) is 9.50. The molecule has 1 saturated heterocycles. The molecule has 186 valence electrons. The largest absolute Gasteiger partial charge is 0.461 e. The molecule has 2 atom stereocenters. The number of aryl methyl sites for hydroxylation is 1. The molecule has 0 aliphatic carbocycles. The van der Waals surface area contributed by atoms with E-state index in [4.69, 9.17) is 4.74 Å². The third-order valence-electron chi connectivity index (χ3n) is 5.52. The molecule has 14 heteroatoms. The van der Waals surface area contributed by atoms with Crippen LogP contribution in [0.15, 0.2) is 31.0 Å². The molecule has 35 heavy (non-hydrogen) atoms. The standard InChI is InChI=1S/C21H20F5N7O2/c1-11-3-21(25,26)10-33(15(11)9-35-20-29-4-12(5-30-20)17(23)24)19(34)16-14(8-32(2)31-16)18-27-6-13(22)7-28-18/h4-8,11,15,17H,3,9-10H2,1-2H3/t11-,15?/m1/s1. The molecule has 4 rings (SSSR count). The van der Waals surface area contributed by atoms with Crippen molar-refractivity contribution in [1.82, 2.24) is 34.6 Å². The van der Waals surface area contributed by atoms with E-state index in [1.54, 1.807) is 6.92 Å². The smallest absolute Gasteiger partial charge is 0.316 e. The molecule has 0 aromatic carbocycles. The quantitative estimate of drug-likeness (QED) is 0.482. The zero-order valence-electron chi connectivity index (χ0n) is 18.6. The van der Waals surface area contributed by atoms with Crippen molar-refractivity contribution in [2.24, 2.45) is 13.0 Å². The fraction of sp³-hybridized carbons (Fsp3) is 0.429. The van der Waals surface area contributed by atoms with Crippen molar-refractivity contribution >= 4 is 5.91 Å². The van der Waals surface area contributed by atoms with Gasteiger partial charge in [-0.3, -0.25) is 9.48 Å². The Kier molecular flexibility index (Phi) is 6.63. The fourth-order valence-corrected chi connectivity index (χ4v) is 3.89. The Hall–Kier alpha value is -3.71. The van der Waals surface area contributed by atoms with Crippen molar-refractivity contribution in [2.75, 3.05) is 13.2 Å². The number of ether oxygens (including phenoxy) is 1. The normalized spacial score (nSPS) is 19.7. The Balaban J connectivity index is 1.61. The molecule has 0 bridgehead atoms. The third kappa shape index (κ3) is 5.35. The minimum Gasteiger partial charge on any atom is -0.461 e. The molecule has 1 aliphatic heterocycles. The second-order valence-electron chi connectivity index (χ2n) is 8.24. The summed E-state index contributed by atoms with van der Waals surface area (Å²) in [5.41, 5.74) is -0.443. The summed E-state index contributed by atoms with van der Waals surface area (Å²) in [5.74, 6) is -5.36. The topological polar surface area (TPSA) is 98.9 Å². The highest BCUT2D eigenvalue weighted by atomic mass is 19.3. The third-order valence-corrected chi connectivity index (χ3v) is 5.52. The van der Waals surface area contributed by atoms with Crippen LogP contribution in [-0.2, 0) is 7.05 Å². The molecule has 0 spiro atoms. The average Bonchev–Trinajstić information content (AvgIpc) is 3.19. The summed E-state index contributed by atoms with van der Waals surface area (Å²) in [7, 11) is 1.53. The van der Waals surface area contributed by atoms with Crippen molar-refractivity contribution in [3.63, 3.8) is 0 Å². The number of nitrogens with zero attached hydrogens (tertiary/aromatic N) is 7. The average molecular weight is 497 g/mol. The van der Waals surface area contributed by atoms with Crippen LogP contribution in [-0.4, -0.2) is 65.6 Å². The Morgan fingerprint density at radius 2 is 1.83 bits per heavy atom. The van der Waals surface area contributed by atoms with Crippen LogP contribution in [0, 0.1) is 11.7 Å². The molecule has 4 heterocycles. The first kappa shape index (κ1) is 24.4. The lowest BCUT2D eigenvalue weighted by atomic mass is 9.88. The van der Waals surface area contributed by atoms with Gasteiger partial charge in [0.15, 0.2) is 17.3 Å². The molecule has 0 radical (unpaired) electrons. The Bertz CT molecular complexity index is 1190. The first-order chi connectivity index (χ1) is 16.5. The van der Waals surface area contributed by atoms with E-state index in [0.717, 1.165) is 29.7 Å². The van der Waals surface area contributed by atoms with Crippen molar-refractivity contribution in [2.45, 2.75) is 31.7 Å². The van der Waals surface area contributed by atoms with Gasteiger partial charge in [0.25, 0.3) is 18.3 Å². The van der Waals surface area contributed by atoms with Gasteiger partial charge in [-0.05, 0) is 5.92 Å². The van der Waals surface area contributed by atoms with E-state index >= 15 is 0 Å². The van der Waals surface area contributed by atoms with Crippen LogP contribution < -0.4 is 4.74 Å². The first-order valence-electron chi connectivity index (χ1n) is 10.5. The van der Waals surface area contributed by atoms with Gasteiger partial charge in [-0.1, -0.05) is 6.92 Å². The van der Waals surface area contributed by atoms with Gasteiger partial charge in [-0.25, -0.2) is 41.9 Å². The van der Waals surface area contributed by atoms with Crippen LogP contribution in [0.25, 0.3) is 11.4 Å². The molecule has 0 N–H and O–H groups in total. The van der Waals surface area contributed by atoms with Gasteiger partial charge in [0.2, 0.25) is 0 Å². The van der Waals surface area contributed by atoms with Gasteiger partial charge in [-0.15, -0.1) is 0 Å². The van der Waals surface area contributed by atoms with Crippen LogP contribution in [0.3, 0.4) is 0 Å². The zero-order chi connectivity index (χ0) is 25.3. The van der Waals surface area contributed by atoms with Crippen LogP contribution in [0.1, 0.15) is 35.8 Å². The van der Waals surface area contributed by atoms with E-state index in [9.17, 15) is 26.7 Å². The molecule has 3 aromatic rings. The lowest BCUT2D eigenvalue weighted by Gasteiger charge is -2.42. The number of halogens is 5. The number of rotatable bonds is 6. The van der Waals surface area contributed by atoms with Gasteiger partial charge in [0.1, 0.15) is 6.61 Å². The predicted octanol–water partition coefficient (Wildman–Crippen LogP) is 3.31. The molecule has 1 aliphatic rings. The molecule has 9 nitrogen and oxygen atoms in total. The number of carbonyl (C=O) groups excluding carboxylic acids is 1. The fourth-order valence-electron chi connectivity index (χ4n) is 3.89. The molecule has 0 saturated carbocycles. The van der Waals surface area contributed by atoms with E-state index in [1.807, 2.05) is 0 Å². The van der Waals surface area contributed by atoms with Crippen LogP contribution in [0.4, 0.5) is 22.0 Å². The van der Waals surface area contributed by atoms with Gasteiger partial charge >= 0.3 is 6.01 Å². The summed E-state index contributed by atoms with van der Waals surface area (Å²) in [5, 5.41) is 4.11. The summed E-state index contributed by atoms with van der Waals surface area (Å²) in [4.78, 5) is 29.5. The molecular weight excluding hydrogens is 477 g/mol. The van der Waals surface area contributed by atoms with Crippen molar-refractivity contribution < 1.29 is 31.5 Å². The van der Waals surface area contributed by atoms with E-state index < -0.39 is 54.6 Å². The van der Waals surface area contributed by atoms with Gasteiger partial charge in [0, 0.05) is 32.1 Å². The number of likely N-dealkylation sites (tertiary alicyclic amines) is 1. The summed E-state index contributed by atoms with van der Waals surface area (Å²) in [6.45, 7) is 0.395. The first-order valence-corrected chi connectivity index (χ1v) is 10.5. The number of carbonyl (C=O) groups is 1. The van der Waals surface area contributed by atoms with Crippen molar-refractivity contribution in [3.05, 3.63) is 48.1 Å². The zero-order valence-corrected chi connectivity index (χ0v) is 18.6. The summed E-state index contributed by atoms with van der Waals surface area (Å²) in [6.07, 6.45) is 1.81. The number of aromatic nitrogens is 6. The number of hydrogen-bond donors (Lipinski definition) is 0. The maximum Gasteiger partial charge on any atom is 0.316 e. The van der Waals surface area contributed by atoms with Crippen LogP contribution in [0.5, 0.6) is 6.01 Å². The number of amides is 1. The Morgan fingerprint density at radius 1 is 1.17 bits per heavy atom. The SMILES string of the molecule is C[C@@H]1CC(F)(F)CN(C(=O)c2nn(C)cc2-c2ncc(F)cn2)C1COc1ncc(C(F)F)cn1. The molecule has 1 amide bonds. The number of piperidine rings is 1. The highest BCUT2D eigenvalue weighted by Gasteiger charge is 2.47. The lowest BCUT2D eigenvalue weighted by Crippen LogP contribution is -2.57.